The van der Waals surface area contributed by atoms with E-state index in [-0.39, 0.29) is 6.61 Å². The molecule has 5 heteroatoms. The lowest BCUT2D eigenvalue weighted by Crippen LogP contribution is -2.07. The van der Waals surface area contributed by atoms with Crippen LogP contribution in [0.25, 0.3) is 0 Å². The summed E-state index contributed by atoms with van der Waals surface area (Å²) in [7, 11) is 0. The van der Waals surface area contributed by atoms with E-state index in [0.29, 0.717) is 34.7 Å². The summed E-state index contributed by atoms with van der Waals surface area (Å²) in [6.45, 7) is 11.4. The average molecular weight is 353 g/mol. The lowest BCUT2D eigenvalue weighted by molar-refractivity contribution is 0.0548. The third-order valence-electron chi connectivity index (χ3n) is 2.29. The molecule has 21 heavy (non-hydrogen) atoms. The summed E-state index contributed by atoms with van der Waals surface area (Å²) in [5.74, 6) is 0.471. The second-order valence-corrected chi connectivity index (χ2v) is 4.67. The normalized spacial score (nSPS) is 9.57. The third-order valence-corrected chi connectivity index (χ3v) is 3.07. The third kappa shape index (κ3) is 5.11. The molecule has 0 atom stereocenters. The van der Waals surface area contributed by atoms with Crippen LogP contribution in [0.5, 0.6) is 11.5 Å². The number of benzene rings is 1. The first-order valence-corrected chi connectivity index (χ1v) is 7.02. The minimum Gasteiger partial charge on any atom is -0.488 e. The Bertz CT molecular complexity index is 504. The molecule has 0 spiro atoms. The number of hydrogen-bond acceptors (Lipinski definition) is 4. The molecule has 0 saturated heterocycles. The van der Waals surface area contributed by atoms with Crippen molar-refractivity contribution in [2.24, 2.45) is 0 Å². The van der Waals surface area contributed by atoms with Crippen molar-refractivity contribution in [3.05, 3.63) is 60.1 Å². The fourth-order valence-corrected chi connectivity index (χ4v) is 1.87. The molecule has 0 radical (unpaired) electrons. The minimum atomic E-state index is -0.477. The molecule has 0 aliphatic rings. The second-order valence-electron chi connectivity index (χ2n) is 3.87. The van der Waals surface area contributed by atoms with Gasteiger partial charge in [-0.1, -0.05) is 38.0 Å². The highest BCUT2D eigenvalue weighted by Gasteiger charge is 2.16. The van der Waals surface area contributed by atoms with Crippen LogP contribution in [0, 0.1) is 0 Å². The highest BCUT2D eigenvalue weighted by atomic mass is 79.9. The molecule has 4 nitrogen and oxygen atoms in total. The lowest BCUT2D eigenvalue weighted by Gasteiger charge is -2.13. The standard InChI is InChI=1S/C16H17BrO4/c1-4-7-19-13-10-12(16(18)21-9-6-3)11-14(15(13)17)20-8-5-2/h4-6,10-11H,1-3,7-9H2. The molecule has 1 rings (SSSR count). The first-order chi connectivity index (χ1) is 10.1. The van der Waals surface area contributed by atoms with E-state index in [0.717, 1.165) is 0 Å². The largest absolute Gasteiger partial charge is 0.488 e. The molecule has 0 fully saturated rings. The van der Waals surface area contributed by atoms with Crippen LogP contribution in [0.3, 0.4) is 0 Å². The van der Waals surface area contributed by atoms with Gasteiger partial charge in [-0.3, -0.25) is 0 Å². The van der Waals surface area contributed by atoms with Crippen LogP contribution in [0.15, 0.2) is 54.6 Å². The predicted molar refractivity (Wildman–Crippen MR) is 86.0 cm³/mol. The van der Waals surface area contributed by atoms with Crippen LogP contribution in [-0.2, 0) is 4.74 Å². The average Bonchev–Trinajstić information content (AvgIpc) is 2.50. The number of esters is 1. The second kappa shape index (κ2) is 9.02. The van der Waals surface area contributed by atoms with Crippen molar-refractivity contribution in [3.63, 3.8) is 0 Å². The smallest absolute Gasteiger partial charge is 0.338 e. The Labute approximate surface area is 132 Å². The van der Waals surface area contributed by atoms with Crippen LogP contribution in [0.1, 0.15) is 10.4 Å². The molecule has 112 valence electrons. The van der Waals surface area contributed by atoms with Gasteiger partial charge in [0.05, 0.1) is 5.56 Å². The number of carbonyl (C=O) groups is 1. The zero-order chi connectivity index (χ0) is 15.7. The molecule has 0 aliphatic heterocycles. The SMILES string of the molecule is C=CCOC(=O)c1cc(OCC=C)c(Br)c(OCC=C)c1. The van der Waals surface area contributed by atoms with E-state index in [4.69, 9.17) is 14.2 Å². The van der Waals surface area contributed by atoms with E-state index in [1.807, 2.05) is 0 Å². The van der Waals surface area contributed by atoms with Gasteiger partial charge in [-0.2, -0.15) is 0 Å². The van der Waals surface area contributed by atoms with Gasteiger partial charge in [0.25, 0.3) is 0 Å². The fraction of sp³-hybridized carbons (Fsp3) is 0.188. The van der Waals surface area contributed by atoms with E-state index < -0.39 is 5.97 Å². The lowest BCUT2D eigenvalue weighted by atomic mass is 10.2. The summed E-state index contributed by atoms with van der Waals surface area (Å²) in [5.41, 5.74) is 0.332. The quantitative estimate of drug-likeness (QED) is 0.499. The van der Waals surface area contributed by atoms with Gasteiger partial charge in [0.15, 0.2) is 0 Å². The molecule has 1 aromatic rings. The fourth-order valence-electron chi connectivity index (χ4n) is 1.42. The highest BCUT2D eigenvalue weighted by Crippen LogP contribution is 2.36. The van der Waals surface area contributed by atoms with Crippen LogP contribution in [-0.4, -0.2) is 25.8 Å². The molecule has 0 bridgehead atoms. The zero-order valence-corrected chi connectivity index (χ0v) is 13.2. The van der Waals surface area contributed by atoms with Gasteiger partial charge in [0.1, 0.15) is 35.8 Å². The number of halogens is 1. The monoisotopic (exact) mass is 352 g/mol. The van der Waals surface area contributed by atoms with Gasteiger partial charge in [-0.25, -0.2) is 4.79 Å². The van der Waals surface area contributed by atoms with Gasteiger partial charge >= 0.3 is 5.97 Å². The van der Waals surface area contributed by atoms with Crippen LogP contribution < -0.4 is 9.47 Å². The molecule has 0 heterocycles. The number of hydrogen-bond donors (Lipinski definition) is 0. The summed E-state index contributed by atoms with van der Waals surface area (Å²) < 4.78 is 16.6. The van der Waals surface area contributed by atoms with Crippen molar-refractivity contribution < 1.29 is 19.0 Å². The van der Waals surface area contributed by atoms with Crippen molar-refractivity contribution in [1.82, 2.24) is 0 Å². The molecule has 0 aromatic heterocycles. The molecule has 0 aliphatic carbocycles. The van der Waals surface area contributed by atoms with E-state index >= 15 is 0 Å². The van der Waals surface area contributed by atoms with E-state index in [1.54, 1.807) is 24.3 Å². The summed E-state index contributed by atoms with van der Waals surface area (Å²) >= 11 is 3.39. The Morgan fingerprint density at radius 3 is 1.90 bits per heavy atom. The first kappa shape index (κ1) is 17.0. The van der Waals surface area contributed by atoms with Crippen molar-refractivity contribution in [2.45, 2.75) is 0 Å². The van der Waals surface area contributed by atoms with Crippen LogP contribution in [0.4, 0.5) is 0 Å². The topological polar surface area (TPSA) is 44.8 Å². The summed E-state index contributed by atoms with van der Waals surface area (Å²) in [5, 5.41) is 0. The van der Waals surface area contributed by atoms with Gasteiger partial charge in [0.2, 0.25) is 0 Å². The molecule has 0 saturated carbocycles. The predicted octanol–water partition coefficient (Wildman–Crippen LogP) is 3.92. The first-order valence-electron chi connectivity index (χ1n) is 6.23. The summed E-state index contributed by atoms with van der Waals surface area (Å²) in [6, 6.07) is 3.17. The summed E-state index contributed by atoms with van der Waals surface area (Å²) in [4.78, 5) is 11.9. The zero-order valence-electron chi connectivity index (χ0n) is 11.6. The highest BCUT2D eigenvalue weighted by molar-refractivity contribution is 9.10. The number of ether oxygens (including phenoxy) is 3. The summed E-state index contributed by atoms with van der Waals surface area (Å²) in [6.07, 6.45) is 4.72. The molecule has 1 aromatic carbocycles. The van der Waals surface area contributed by atoms with Crippen molar-refractivity contribution >= 4 is 21.9 Å². The Morgan fingerprint density at radius 1 is 1.00 bits per heavy atom. The Hall–Kier alpha value is -2.01. The van der Waals surface area contributed by atoms with Crippen molar-refractivity contribution in [3.8, 4) is 11.5 Å². The van der Waals surface area contributed by atoms with Gasteiger partial charge in [-0.05, 0) is 28.1 Å². The molecular formula is C16H17BrO4. The maximum Gasteiger partial charge on any atom is 0.338 e. The van der Waals surface area contributed by atoms with Gasteiger partial charge < -0.3 is 14.2 Å². The molecule has 0 N–H and O–H groups in total. The van der Waals surface area contributed by atoms with Crippen LogP contribution >= 0.6 is 15.9 Å². The Kier molecular flexibility index (Phi) is 7.32. The number of carbonyl (C=O) groups excluding carboxylic acids is 1. The maximum atomic E-state index is 11.9. The number of rotatable bonds is 9. The van der Waals surface area contributed by atoms with Gasteiger partial charge in [-0.15, -0.1) is 0 Å². The van der Waals surface area contributed by atoms with E-state index in [2.05, 4.69) is 35.7 Å². The van der Waals surface area contributed by atoms with Crippen molar-refractivity contribution in [2.75, 3.05) is 19.8 Å². The Balaban J connectivity index is 3.11. The van der Waals surface area contributed by atoms with Crippen LogP contribution in [0.2, 0.25) is 0 Å². The van der Waals surface area contributed by atoms with E-state index in [1.165, 1.54) is 6.08 Å². The van der Waals surface area contributed by atoms with Crippen molar-refractivity contribution in [1.29, 1.82) is 0 Å². The van der Waals surface area contributed by atoms with E-state index in [9.17, 15) is 4.79 Å². The maximum absolute atomic E-state index is 11.9. The molecule has 0 amide bonds. The molecule has 0 unspecified atom stereocenters. The minimum absolute atomic E-state index is 0.139. The van der Waals surface area contributed by atoms with Gasteiger partial charge in [0, 0.05) is 0 Å². The Morgan fingerprint density at radius 2 is 1.48 bits per heavy atom. The molecular weight excluding hydrogens is 336 g/mol.